The smallest absolute Gasteiger partial charge is 0.109 e. The molecule has 1 aromatic carbocycles. The number of rotatable bonds is 4. The van der Waals surface area contributed by atoms with Gasteiger partial charge in [-0.05, 0) is 19.1 Å². The second-order valence-corrected chi connectivity index (χ2v) is 4.57. The maximum absolute atomic E-state index is 8.92. The van der Waals surface area contributed by atoms with E-state index in [4.69, 9.17) is 5.11 Å². The number of nitrogens with zero attached hydrogens (tertiary/aromatic N) is 2. The molecule has 4 heteroatoms. The molecule has 4 nitrogen and oxygen atoms in total. The molecule has 0 radical (unpaired) electrons. The highest BCUT2D eigenvalue weighted by molar-refractivity contribution is 5.65. The van der Waals surface area contributed by atoms with Crippen LogP contribution in [0.2, 0.25) is 0 Å². The molecule has 0 spiro atoms. The number of hydrogen-bond donors (Lipinski definition) is 2. The Morgan fingerprint density at radius 3 is 2.44 bits per heavy atom. The minimum absolute atomic E-state index is 0.117. The molecule has 96 valence electrons. The number of imidazole rings is 1. The van der Waals surface area contributed by atoms with Crippen molar-refractivity contribution in [1.82, 2.24) is 9.97 Å². The first kappa shape index (κ1) is 12.6. The molecule has 0 unspecified atom stereocenters. The summed E-state index contributed by atoms with van der Waals surface area (Å²) in [5, 5.41) is 8.92. The van der Waals surface area contributed by atoms with Gasteiger partial charge in [0.1, 0.15) is 5.82 Å². The van der Waals surface area contributed by atoms with Crippen molar-refractivity contribution < 1.29 is 5.11 Å². The van der Waals surface area contributed by atoms with Gasteiger partial charge in [0.15, 0.2) is 0 Å². The summed E-state index contributed by atoms with van der Waals surface area (Å²) in [6, 6.07) is 8.30. The quantitative estimate of drug-likeness (QED) is 0.866. The molecule has 0 saturated heterocycles. The van der Waals surface area contributed by atoms with E-state index >= 15 is 0 Å². The average molecular weight is 245 g/mol. The second-order valence-electron chi connectivity index (χ2n) is 4.57. The summed E-state index contributed by atoms with van der Waals surface area (Å²) < 4.78 is 0. The summed E-state index contributed by atoms with van der Waals surface area (Å²) in [4.78, 5) is 9.78. The summed E-state index contributed by atoms with van der Waals surface area (Å²) in [6.07, 6.45) is 0.566. The molecule has 2 N–H and O–H groups in total. The number of aliphatic hydroxyl groups is 1. The lowest BCUT2D eigenvalue weighted by molar-refractivity contribution is 0.297. The van der Waals surface area contributed by atoms with Crippen molar-refractivity contribution in [2.45, 2.75) is 13.3 Å². The lowest BCUT2D eigenvalue weighted by Gasteiger charge is -2.12. The normalized spacial score (nSPS) is 10.7. The molecular formula is C14H19N3O. The zero-order chi connectivity index (χ0) is 13.1. The van der Waals surface area contributed by atoms with Crippen LogP contribution in [-0.2, 0) is 6.42 Å². The zero-order valence-electron chi connectivity index (χ0n) is 11.1. The molecule has 1 aromatic heterocycles. The molecule has 0 aliphatic rings. The Kier molecular flexibility index (Phi) is 3.67. The van der Waals surface area contributed by atoms with Gasteiger partial charge >= 0.3 is 0 Å². The van der Waals surface area contributed by atoms with E-state index in [1.54, 1.807) is 0 Å². The first-order chi connectivity index (χ1) is 8.61. The van der Waals surface area contributed by atoms with Crippen LogP contribution in [0.1, 0.15) is 11.5 Å². The molecule has 0 fully saturated rings. The van der Waals surface area contributed by atoms with Crippen LogP contribution in [-0.4, -0.2) is 35.8 Å². The number of aliphatic hydroxyl groups excluding tert-OH is 1. The summed E-state index contributed by atoms with van der Waals surface area (Å²) in [5.74, 6) is 0.835. The third kappa shape index (κ3) is 2.54. The summed E-state index contributed by atoms with van der Waals surface area (Å²) in [5.41, 5.74) is 4.26. The summed E-state index contributed by atoms with van der Waals surface area (Å²) in [7, 11) is 4.04. The predicted molar refractivity (Wildman–Crippen MR) is 73.9 cm³/mol. The molecule has 2 rings (SSSR count). The van der Waals surface area contributed by atoms with Crippen LogP contribution >= 0.6 is 0 Å². The van der Waals surface area contributed by atoms with E-state index in [1.807, 2.05) is 21.0 Å². The van der Waals surface area contributed by atoms with Gasteiger partial charge in [-0.1, -0.05) is 12.1 Å². The molecule has 0 bridgehead atoms. The van der Waals surface area contributed by atoms with Gasteiger partial charge in [0, 0.05) is 37.5 Å². The maximum Gasteiger partial charge on any atom is 0.109 e. The largest absolute Gasteiger partial charge is 0.396 e. The fourth-order valence-electron chi connectivity index (χ4n) is 1.95. The van der Waals surface area contributed by atoms with Crippen LogP contribution in [0, 0.1) is 6.92 Å². The van der Waals surface area contributed by atoms with Gasteiger partial charge in [-0.3, -0.25) is 0 Å². The van der Waals surface area contributed by atoms with Gasteiger partial charge in [0.25, 0.3) is 0 Å². The maximum atomic E-state index is 8.92. The monoisotopic (exact) mass is 245 g/mol. The number of anilines is 1. The molecular weight excluding hydrogens is 226 g/mol. The van der Waals surface area contributed by atoms with Gasteiger partial charge in [0.05, 0.1) is 12.3 Å². The van der Waals surface area contributed by atoms with Crippen molar-refractivity contribution in [2.24, 2.45) is 0 Å². The number of H-pyrrole nitrogens is 1. The van der Waals surface area contributed by atoms with Gasteiger partial charge in [-0.15, -0.1) is 0 Å². The highest BCUT2D eigenvalue weighted by atomic mass is 16.3. The third-order valence-corrected chi connectivity index (χ3v) is 2.94. The average Bonchev–Trinajstić information content (AvgIpc) is 2.71. The number of benzene rings is 1. The molecule has 18 heavy (non-hydrogen) atoms. The predicted octanol–water partition coefficient (Wildman–Crippen LogP) is 1.99. The van der Waals surface area contributed by atoms with Crippen molar-refractivity contribution in [3.05, 3.63) is 35.8 Å². The zero-order valence-corrected chi connectivity index (χ0v) is 11.1. The van der Waals surface area contributed by atoms with Crippen molar-refractivity contribution in [3.8, 4) is 11.3 Å². The fourth-order valence-corrected chi connectivity index (χ4v) is 1.95. The van der Waals surface area contributed by atoms with E-state index in [2.05, 4.69) is 39.1 Å². The number of hydrogen-bond acceptors (Lipinski definition) is 3. The Balaban J connectivity index is 2.30. The molecule has 0 aliphatic carbocycles. The van der Waals surface area contributed by atoms with Gasteiger partial charge < -0.3 is 15.0 Å². The van der Waals surface area contributed by atoms with Crippen molar-refractivity contribution in [3.63, 3.8) is 0 Å². The highest BCUT2D eigenvalue weighted by Crippen LogP contribution is 2.23. The molecule has 1 heterocycles. The Labute approximate surface area is 107 Å². The standard InChI is InChI=1S/C14H19N3O/c1-10-14(16-13(15-10)8-9-18)11-4-6-12(7-5-11)17(2)3/h4-7,18H,8-9H2,1-3H3,(H,15,16). The van der Waals surface area contributed by atoms with Crippen LogP contribution in [0.5, 0.6) is 0 Å². The lowest BCUT2D eigenvalue weighted by Crippen LogP contribution is -2.07. The van der Waals surface area contributed by atoms with E-state index in [9.17, 15) is 0 Å². The first-order valence-corrected chi connectivity index (χ1v) is 6.06. The third-order valence-electron chi connectivity index (χ3n) is 2.94. The summed E-state index contributed by atoms with van der Waals surface area (Å²) >= 11 is 0. The topological polar surface area (TPSA) is 52.1 Å². The van der Waals surface area contributed by atoms with E-state index in [0.29, 0.717) is 6.42 Å². The van der Waals surface area contributed by atoms with Crippen molar-refractivity contribution >= 4 is 5.69 Å². The SMILES string of the molecule is Cc1[nH]c(CCO)nc1-c1ccc(N(C)C)cc1. The minimum Gasteiger partial charge on any atom is -0.396 e. The first-order valence-electron chi connectivity index (χ1n) is 6.06. The van der Waals surface area contributed by atoms with Crippen LogP contribution in [0.4, 0.5) is 5.69 Å². The fraction of sp³-hybridized carbons (Fsp3) is 0.357. The van der Waals surface area contributed by atoms with Crippen LogP contribution in [0.25, 0.3) is 11.3 Å². The molecule has 0 aliphatic heterocycles. The Bertz CT molecular complexity index is 514. The number of aryl methyl sites for hydroxylation is 1. The van der Waals surface area contributed by atoms with Crippen LogP contribution in [0.15, 0.2) is 24.3 Å². The number of aromatic amines is 1. The van der Waals surface area contributed by atoms with Gasteiger partial charge in [-0.25, -0.2) is 4.98 Å². The Hall–Kier alpha value is -1.81. The number of nitrogens with one attached hydrogen (secondary N) is 1. The van der Waals surface area contributed by atoms with E-state index in [0.717, 1.165) is 22.8 Å². The van der Waals surface area contributed by atoms with E-state index in [1.165, 1.54) is 5.69 Å². The van der Waals surface area contributed by atoms with Crippen LogP contribution in [0.3, 0.4) is 0 Å². The van der Waals surface area contributed by atoms with Crippen molar-refractivity contribution in [1.29, 1.82) is 0 Å². The second kappa shape index (κ2) is 5.23. The van der Waals surface area contributed by atoms with Gasteiger partial charge in [0.2, 0.25) is 0 Å². The van der Waals surface area contributed by atoms with Gasteiger partial charge in [-0.2, -0.15) is 0 Å². The molecule has 2 aromatic rings. The molecule has 0 atom stereocenters. The van der Waals surface area contributed by atoms with Crippen molar-refractivity contribution in [2.75, 3.05) is 25.6 Å². The number of aromatic nitrogens is 2. The lowest BCUT2D eigenvalue weighted by atomic mass is 10.1. The molecule has 0 saturated carbocycles. The minimum atomic E-state index is 0.117. The van der Waals surface area contributed by atoms with E-state index < -0.39 is 0 Å². The molecule has 0 amide bonds. The van der Waals surface area contributed by atoms with E-state index in [-0.39, 0.29) is 6.61 Å². The highest BCUT2D eigenvalue weighted by Gasteiger charge is 2.08. The Morgan fingerprint density at radius 1 is 1.22 bits per heavy atom. The summed E-state index contributed by atoms with van der Waals surface area (Å²) in [6.45, 7) is 2.12. The van der Waals surface area contributed by atoms with Crippen LogP contribution < -0.4 is 4.90 Å². The Morgan fingerprint density at radius 2 is 1.89 bits per heavy atom.